The van der Waals surface area contributed by atoms with Gasteiger partial charge in [0, 0.05) is 18.0 Å². The second kappa shape index (κ2) is 6.37. The highest BCUT2D eigenvalue weighted by atomic mass is 32.1. The fourth-order valence-electron chi connectivity index (χ4n) is 2.10. The van der Waals surface area contributed by atoms with Crippen LogP contribution in [0.1, 0.15) is 30.2 Å². The first kappa shape index (κ1) is 15.0. The van der Waals surface area contributed by atoms with Gasteiger partial charge in [-0.3, -0.25) is 4.90 Å². The third kappa shape index (κ3) is 3.58. The fourth-order valence-corrected chi connectivity index (χ4v) is 2.90. The van der Waals surface area contributed by atoms with Crippen molar-refractivity contribution in [1.29, 1.82) is 0 Å². The molecular formula is C16H22N2OS. The van der Waals surface area contributed by atoms with Crippen LogP contribution in [0.5, 0.6) is 0 Å². The van der Waals surface area contributed by atoms with E-state index in [4.69, 9.17) is 4.42 Å². The number of aromatic nitrogens is 1. The van der Waals surface area contributed by atoms with Crippen LogP contribution in [-0.2, 0) is 6.54 Å². The molecule has 0 unspecified atom stereocenters. The number of rotatable bonds is 6. The maximum absolute atomic E-state index is 5.81. The van der Waals surface area contributed by atoms with Gasteiger partial charge in [-0.25, -0.2) is 4.98 Å². The van der Waals surface area contributed by atoms with Crippen LogP contribution in [0.15, 0.2) is 28.7 Å². The van der Waals surface area contributed by atoms with Crippen molar-refractivity contribution in [2.45, 2.75) is 34.2 Å². The van der Waals surface area contributed by atoms with Gasteiger partial charge in [-0.15, -0.1) is 11.3 Å². The van der Waals surface area contributed by atoms with Crippen LogP contribution in [0.2, 0.25) is 0 Å². The topological polar surface area (TPSA) is 29.3 Å². The van der Waals surface area contributed by atoms with E-state index >= 15 is 0 Å². The third-order valence-corrected chi connectivity index (χ3v) is 4.15. The first-order valence-electron chi connectivity index (χ1n) is 6.89. The van der Waals surface area contributed by atoms with Crippen LogP contribution >= 0.6 is 11.3 Å². The summed E-state index contributed by atoms with van der Waals surface area (Å²) in [5.41, 5.74) is 2.19. The summed E-state index contributed by atoms with van der Waals surface area (Å²) in [7, 11) is 0. The summed E-state index contributed by atoms with van der Waals surface area (Å²) in [4.78, 5) is 9.35. The van der Waals surface area contributed by atoms with Crippen LogP contribution in [-0.4, -0.2) is 23.0 Å². The van der Waals surface area contributed by atoms with E-state index in [0.717, 1.165) is 41.9 Å². The van der Waals surface area contributed by atoms with Crippen molar-refractivity contribution in [1.82, 2.24) is 9.88 Å². The molecule has 0 aromatic carbocycles. The molecule has 0 radical (unpaired) electrons. The Hall–Kier alpha value is -1.39. The van der Waals surface area contributed by atoms with E-state index in [9.17, 15) is 0 Å². The lowest BCUT2D eigenvalue weighted by molar-refractivity contribution is 0.299. The van der Waals surface area contributed by atoms with Gasteiger partial charge in [0.15, 0.2) is 0 Å². The monoisotopic (exact) mass is 290 g/mol. The number of likely N-dealkylation sites (N-methyl/N-ethyl adjacent to an activating group) is 1. The zero-order chi connectivity index (χ0) is 14.7. The third-order valence-electron chi connectivity index (χ3n) is 3.16. The zero-order valence-corrected chi connectivity index (χ0v) is 13.5. The van der Waals surface area contributed by atoms with Crippen molar-refractivity contribution in [2.24, 2.45) is 0 Å². The Balaban J connectivity index is 2.17. The Kier molecular flexibility index (Phi) is 4.78. The van der Waals surface area contributed by atoms with Crippen LogP contribution in [0.4, 0.5) is 0 Å². The van der Waals surface area contributed by atoms with E-state index in [1.807, 2.05) is 6.92 Å². The Morgan fingerprint density at radius 1 is 1.40 bits per heavy atom. The summed E-state index contributed by atoms with van der Waals surface area (Å²) in [5, 5.41) is 0. The van der Waals surface area contributed by atoms with E-state index in [-0.39, 0.29) is 0 Å². The molecule has 0 fully saturated rings. The summed E-state index contributed by atoms with van der Waals surface area (Å²) in [6.45, 7) is 15.0. The highest BCUT2D eigenvalue weighted by Crippen LogP contribution is 2.28. The minimum absolute atomic E-state index is 0.738. The van der Waals surface area contributed by atoms with Gasteiger partial charge in [-0.05, 0) is 39.4 Å². The zero-order valence-electron chi connectivity index (χ0n) is 12.7. The normalized spacial score (nSPS) is 11.2. The maximum Gasteiger partial charge on any atom is 0.236 e. The molecule has 108 valence electrons. The molecule has 0 aliphatic rings. The molecule has 3 nitrogen and oxygen atoms in total. The molecule has 2 heterocycles. The second-order valence-electron chi connectivity index (χ2n) is 5.19. The van der Waals surface area contributed by atoms with Crippen LogP contribution in [0.3, 0.4) is 0 Å². The van der Waals surface area contributed by atoms with Gasteiger partial charge in [0.25, 0.3) is 0 Å². The Labute approximate surface area is 124 Å². The molecule has 0 aliphatic heterocycles. The molecule has 0 saturated carbocycles. The summed E-state index contributed by atoms with van der Waals surface area (Å²) in [6, 6.07) is 4.17. The maximum atomic E-state index is 5.81. The predicted molar refractivity (Wildman–Crippen MR) is 85.1 cm³/mol. The molecule has 4 heteroatoms. The number of hydrogen-bond acceptors (Lipinski definition) is 4. The fraction of sp³-hybridized carbons (Fsp3) is 0.438. The average Bonchev–Trinajstić information content (AvgIpc) is 2.95. The van der Waals surface area contributed by atoms with Gasteiger partial charge in [-0.2, -0.15) is 0 Å². The van der Waals surface area contributed by atoms with E-state index in [0.29, 0.717) is 0 Å². The number of aryl methyl sites for hydroxylation is 2. The quantitative estimate of drug-likeness (QED) is 0.738. The molecule has 0 amide bonds. The molecule has 0 spiro atoms. The molecule has 2 aromatic rings. The first-order valence-corrected chi connectivity index (χ1v) is 7.71. The van der Waals surface area contributed by atoms with Crippen molar-refractivity contribution in [2.75, 3.05) is 13.1 Å². The lowest BCUT2D eigenvalue weighted by Crippen LogP contribution is -2.25. The van der Waals surface area contributed by atoms with E-state index in [1.54, 1.807) is 11.3 Å². The van der Waals surface area contributed by atoms with E-state index < -0.39 is 0 Å². The summed E-state index contributed by atoms with van der Waals surface area (Å²) < 4.78 is 5.81. The Morgan fingerprint density at radius 3 is 2.70 bits per heavy atom. The SMILES string of the molecule is C=C(C)CN(CC)Cc1nc(-c2ccc(C)s2)oc1C. The van der Waals surface area contributed by atoms with Crippen molar-refractivity contribution >= 4 is 11.3 Å². The minimum Gasteiger partial charge on any atom is -0.440 e. The molecule has 0 bridgehead atoms. The van der Waals surface area contributed by atoms with Crippen molar-refractivity contribution in [3.05, 3.63) is 40.6 Å². The molecule has 2 aromatic heterocycles. The number of thiophene rings is 1. The standard InChI is InChI=1S/C16H22N2OS/c1-6-18(9-11(2)3)10-14-13(5)19-16(17-14)15-8-7-12(4)20-15/h7-8H,2,6,9-10H2,1,3-5H3. The predicted octanol–water partition coefficient (Wildman–Crippen LogP) is 4.42. The smallest absolute Gasteiger partial charge is 0.236 e. The molecule has 0 N–H and O–H groups in total. The van der Waals surface area contributed by atoms with Crippen LogP contribution in [0, 0.1) is 13.8 Å². The van der Waals surface area contributed by atoms with E-state index in [1.165, 1.54) is 10.5 Å². The van der Waals surface area contributed by atoms with Gasteiger partial charge in [-0.1, -0.05) is 19.1 Å². The summed E-state index contributed by atoms with van der Waals surface area (Å²) in [5.74, 6) is 1.65. The minimum atomic E-state index is 0.738. The van der Waals surface area contributed by atoms with E-state index in [2.05, 4.69) is 49.4 Å². The van der Waals surface area contributed by atoms with Crippen LogP contribution < -0.4 is 0 Å². The lowest BCUT2D eigenvalue weighted by atomic mass is 10.3. The summed E-state index contributed by atoms with van der Waals surface area (Å²) in [6.07, 6.45) is 0. The molecule has 0 aliphatic carbocycles. The van der Waals surface area contributed by atoms with Gasteiger partial charge >= 0.3 is 0 Å². The number of oxazole rings is 1. The highest BCUT2D eigenvalue weighted by Gasteiger charge is 2.15. The van der Waals surface area contributed by atoms with Gasteiger partial charge in [0.05, 0.1) is 10.6 Å². The molecule has 0 atom stereocenters. The van der Waals surface area contributed by atoms with Crippen LogP contribution in [0.25, 0.3) is 10.8 Å². The molecule has 20 heavy (non-hydrogen) atoms. The largest absolute Gasteiger partial charge is 0.440 e. The first-order chi connectivity index (χ1) is 9.49. The molecule has 0 saturated heterocycles. The Bertz CT molecular complexity index is 597. The summed E-state index contributed by atoms with van der Waals surface area (Å²) >= 11 is 1.71. The Morgan fingerprint density at radius 2 is 2.15 bits per heavy atom. The van der Waals surface area contributed by atoms with Gasteiger partial charge in [0.2, 0.25) is 5.89 Å². The number of nitrogens with zero attached hydrogens (tertiary/aromatic N) is 2. The van der Waals surface area contributed by atoms with Crippen molar-refractivity contribution < 1.29 is 4.42 Å². The second-order valence-corrected chi connectivity index (χ2v) is 6.48. The van der Waals surface area contributed by atoms with Gasteiger partial charge in [0.1, 0.15) is 5.76 Å². The highest BCUT2D eigenvalue weighted by molar-refractivity contribution is 7.15. The van der Waals surface area contributed by atoms with Crippen molar-refractivity contribution in [3.8, 4) is 10.8 Å². The molecular weight excluding hydrogens is 268 g/mol. The molecule has 2 rings (SSSR count). The number of hydrogen-bond donors (Lipinski definition) is 0. The van der Waals surface area contributed by atoms with Crippen molar-refractivity contribution in [3.63, 3.8) is 0 Å². The average molecular weight is 290 g/mol. The van der Waals surface area contributed by atoms with Gasteiger partial charge < -0.3 is 4.42 Å². The lowest BCUT2D eigenvalue weighted by Gasteiger charge is -2.19.